The van der Waals surface area contributed by atoms with Gasteiger partial charge in [-0.05, 0) is 223 Å². The van der Waals surface area contributed by atoms with E-state index in [4.69, 9.17) is 21.6 Å². The molecule has 0 saturated heterocycles. The second-order valence-electron chi connectivity index (χ2n) is 35.7. The van der Waals surface area contributed by atoms with Gasteiger partial charge in [0.1, 0.15) is 0 Å². The van der Waals surface area contributed by atoms with Crippen LogP contribution in [0.2, 0.25) is 5.28 Å². The quantitative estimate of drug-likeness (QED) is 0.118. The molecule has 30 rings (SSSR count). The molecule has 1 unspecified atom stereocenters. The SMILES string of the molecule is Clc1nc(-c2ccc3ccccc3c2)c2ccc3ccccc3c2n1.c1ccc(-n2c3ccccc3c3ccc(-c4ccc5sc6c7c(c8ccccc8c6c5c4)-c4ccccc4C7)cc32)cc1.c1ccc(C2c3ccccc3-c3ccc(-c4ccc5sc6c(c5c4)c4ccccc4c4c5ccccc5n(-c5nc(-c7ccc8ccccc8c7)c7ccc8ccccc8c7n5)c64)cc32)cc1. The Labute approximate surface area is 788 Å². The van der Waals surface area contributed by atoms with Crippen LogP contribution in [0, 0.1) is 0 Å². The van der Waals surface area contributed by atoms with Crippen LogP contribution in [0.1, 0.15) is 33.7 Å². The predicted molar refractivity (Wildman–Crippen MR) is 573 cm³/mol. The largest absolute Gasteiger partial charge is 0.309 e. The zero-order valence-electron chi connectivity index (χ0n) is 72.7. The van der Waals surface area contributed by atoms with E-state index >= 15 is 0 Å². The molecule has 0 aliphatic heterocycles. The summed E-state index contributed by atoms with van der Waals surface area (Å²) in [6, 6.07) is 159. The average molecular weight is 1770 g/mol. The van der Waals surface area contributed by atoms with Crippen LogP contribution in [0.15, 0.2) is 437 Å². The second kappa shape index (κ2) is 30.8. The van der Waals surface area contributed by atoms with Gasteiger partial charge in [-0.25, -0.2) is 19.9 Å². The Bertz CT molecular complexity index is 9920. The van der Waals surface area contributed by atoms with Crippen molar-refractivity contribution in [2.45, 2.75) is 12.3 Å². The number of hydrogen-bond acceptors (Lipinski definition) is 6. The summed E-state index contributed by atoms with van der Waals surface area (Å²) < 4.78 is 10.1. The lowest BCUT2D eigenvalue weighted by molar-refractivity contribution is 1.02. The first-order chi connectivity index (χ1) is 66.9. The Morgan fingerprint density at radius 2 is 0.719 bits per heavy atom. The van der Waals surface area contributed by atoms with Crippen LogP contribution in [0.5, 0.6) is 0 Å². The highest BCUT2D eigenvalue weighted by atomic mass is 35.5. The molecule has 6 nitrogen and oxygen atoms in total. The van der Waals surface area contributed by atoms with E-state index in [0.29, 0.717) is 5.95 Å². The Hall–Kier alpha value is -16.6. The third kappa shape index (κ3) is 12.2. The maximum Gasteiger partial charge on any atom is 0.235 e. The molecule has 628 valence electrons. The Kier molecular flexibility index (Phi) is 17.6. The topological polar surface area (TPSA) is 61.4 Å². The smallest absolute Gasteiger partial charge is 0.235 e. The van der Waals surface area contributed by atoms with Gasteiger partial charge < -0.3 is 4.57 Å². The van der Waals surface area contributed by atoms with Crippen molar-refractivity contribution >= 4 is 205 Å². The van der Waals surface area contributed by atoms with Crippen LogP contribution in [-0.4, -0.2) is 29.1 Å². The molecule has 22 aromatic carbocycles. The van der Waals surface area contributed by atoms with Crippen molar-refractivity contribution in [3.8, 4) is 78.7 Å². The van der Waals surface area contributed by atoms with Crippen molar-refractivity contribution in [2.75, 3.05) is 0 Å². The molecule has 1 atom stereocenters. The van der Waals surface area contributed by atoms with Gasteiger partial charge in [0.05, 0.1) is 49.2 Å². The van der Waals surface area contributed by atoms with Crippen molar-refractivity contribution in [3.05, 3.63) is 470 Å². The summed E-state index contributed by atoms with van der Waals surface area (Å²) in [5, 5.41) is 27.1. The van der Waals surface area contributed by atoms with Crippen molar-refractivity contribution in [3.63, 3.8) is 0 Å². The molecule has 2 aliphatic rings. The van der Waals surface area contributed by atoms with Crippen LogP contribution < -0.4 is 0 Å². The van der Waals surface area contributed by atoms with E-state index in [1.54, 1.807) is 0 Å². The molecule has 0 spiro atoms. The van der Waals surface area contributed by atoms with Crippen LogP contribution in [0.3, 0.4) is 0 Å². The van der Waals surface area contributed by atoms with Gasteiger partial charge in [0.15, 0.2) is 0 Å². The van der Waals surface area contributed by atoms with Crippen LogP contribution in [0.4, 0.5) is 0 Å². The molecule has 135 heavy (non-hydrogen) atoms. The van der Waals surface area contributed by atoms with E-state index in [0.717, 1.165) is 83.3 Å². The van der Waals surface area contributed by atoms with E-state index in [-0.39, 0.29) is 11.2 Å². The normalized spacial score (nSPS) is 12.8. The summed E-state index contributed by atoms with van der Waals surface area (Å²) in [7, 11) is 0. The Balaban J connectivity index is 0.000000113. The lowest BCUT2D eigenvalue weighted by Gasteiger charge is -2.15. The van der Waals surface area contributed by atoms with Gasteiger partial charge in [0.2, 0.25) is 11.2 Å². The molecular weight excluding hydrogens is 1700 g/mol. The van der Waals surface area contributed by atoms with Crippen LogP contribution in [0.25, 0.3) is 249 Å². The number of nitrogens with zero attached hydrogens (tertiary/aromatic N) is 6. The van der Waals surface area contributed by atoms with E-state index in [2.05, 4.69) is 432 Å². The van der Waals surface area contributed by atoms with Gasteiger partial charge in [0.25, 0.3) is 0 Å². The number of benzene rings is 22. The maximum atomic E-state index is 6.27. The van der Waals surface area contributed by atoms with Gasteiger partial charge >= 0.3 is 0 Å². The highest BCUT2D eigenvalue weighted by molar-refractivity contribution is 7.27. The fraction of sp³-hybridized carbons (Fsp3) is 0.0159. The summed E-state index contributed by atoms with van der Waals surface area (Å²) >= 11 is 10.1. The lowest BCUT2D eigenvalue weighted by atomic mass is 9.88. The molecule has 6 heterocycles. The van der Waals surface area contributed by atoms with E-state index < -0.39 is 0 Å². The number of aromatic nitrogens is 6. The summed E-state index contributed by atoms with van der Waals surface area (Å²) in [5.74, 6) is 0.856. The van der Waals surface area contributed by atoms with Gasteiger partial charge in [-0.15, -0.1) is 22.7 Å². The minimum atomic E-state index is 0.189. The third-order valence-electron chi connectivity index (χ3n) is 28.4. The maximum absolute atomic E-state index is 6.27. The van der Waals surface area contributed by atoms with Gasteiger partial charge in [-0.2, -0.15) is 0 Å². The fourth-order valence-corrected chi connectivity index (χ4v) is 25.1. The Morgan fingerprint density at radius 1 is 0.267 bits per heavy atom. The zero-order valence-corrected chi connectivity index (χ0v) is 75.1. The zero-order chi connectivity index (χ0) is 88.6. The third-order valence-corrected chi connectivity index (χ3v) is 31.0. The average Bonchev–Trinajstić information content (AvgIpc) is 1.53. The molecule has 0 radical (unpaired) electrons. The molecular formula is C126H75ClN6S2. The Morgan fingerprint density at radius 3 is 1.39 bits per heavy atom. The van der Waals surface area contributed by atoms with Crippen LogP contribution in [-0.2, 0) is 6.42 Å². The summed E-state index contributed by atoms with van der Waals surface area (Å²) in [6.07, 6.45) is 1.01. The molecule has 0 bridgehead atoms. The summed E-state index contributed by atoms with van der Waals surface area (Å²) in [6.45, 7) is 0. The standard InChI is InChI=1S/C63H37N3S.C41H25NS.C22H13ClN2/c1-2-16-39(17-3-1)56-47-21-9-8-20-45(47)46-31-29-41(35-52(46)56)42-30-33-55-53(36-42)58-49-23-11-10-22-48(49)57-50-24-12-13-25-54(50)66(61(57)62(58)67-55)63-64-59(43-27-26-37-14-4-5-18-40(37)34-43)51-32-28-38-15-6-7-19-44(38)60(51)65-63;1-2-11-28(12-3-1)42-36-17-9-8-14-30(36)31-20-18-26(24-37(31)42)25-19-21-38-34(22-25)40-33-16-7-6-15-32(33)39-29-13-5-4-10-27(29)23-35(39)41(40)43-38;23-22-24-20(17-10-9-14-5-1-2-7-16(14)13-17)19-12-11-15-6-3-4-8-18(15)21(19)25-22/h1-36,56H;1-22,24H,23H2;1-13H. The van der Waals surface area contributed by atoms with Crippen LogP contribution >= 0.6 is 34.3 Å². The molecule has 0 fully saturated rings. The lowest BCUT2D eigenvalue weighted by Crippen LogP contribution is -2.04. The molecule has 0 N–H and O–H groups in total. The second-order valence-corrected chi connectivity index (χ2v) is 38.2. The molecule has 0 amide bonds. The van der Waals surface area contributed by atoms with E-state index in [9.17, 15) is 0 Å². The van der Waals surface area contributed by atoms with E-state index in [1.165, 1.54) is 194 Å². The molecule has 28 aromatic rings. The summed E-state index contributed by atoms with van der Waals surface area (Å²) in [5.41, 5.74) is 29.1. The number of rotatable bonds is 7. The highest BCUT2D eigenvalue weighted by Crippen LogP contribution is 2.55. The first-order valence-corrected chi connectivity index (χ1v) is 48.1. The predicted octanol–water partition coefficient (Wildman–Crippen LogP) is 34.8. The summed E-state index contributed by atoms with van der Waals surface area (Å²) in [4.78, 5) is 20.3. The van der Waals surface area contributed by atoms with Crippen molar-refractivity contribution in [1.82, 2.24) is 29.1 Å². The van der Waals surface area contributed by atoms with Gasteiger partial charge in [0, 0.05) is 108 Å². The number of halogens is 1. The molecule has 6 aromatic heterocycles. The highest BCUT2D eigenvalue weighted by Gasteiger charge is 2.33. The van der Waals surface area contributed by atoms with Crippen molar-refractivity contribution < 1.29 is 0 Å². The van der Waals surface area contributed by atoms with Gasteiger partial charge in [-0.3, -0.25) is 4.57 Å². The van der Waals surface area contributed by atoms with E-state index in [1.807, 2.05) is 46.9 Å². The first-order valence-electron chi connectivity index (χ1n) is 46.1. The minimum absolute atomic E-state index is 0.189. The van der Waals surface area contributed by atoms with Crippen molar-refractivity contribution in [1.29, 1.82) is 0 Å². The first kappa shape index (κ1) is 77.2. The minimum Gasteiger partial charge on any atom is -0.309 e. The number of thiophene rings is 2. The monoisotopic (exact) mass is 1770 g/mol. The number of fused-ring (bicyclic) bond motifs is 34. The van der Waals surface area contributed by atoms with Gasteiger partial charge in [-0.1, -0.05) is 352 Å². The molecule has 0 saturated carbocycles. The number of para-hydroxylation sites is 3. The molecule has 2 aliphatic carbocycles. The number of hydrogen-bond donors (Lipinski definition) is 0. The fourth-order valence-electron chi connectivity index (χ4n) is 22.4. The molecule has 9 heteroatoms. The van der Waals surface area contributed by atoms with Crippen molar-refractivity contribution in [2.24, 2.45) is 0 Å².